The van der Waals surface area contributed by atoms with E-state index in [4.69, 9.17) is 4.74 Å². The van der Waals surface area contributed by atoms with Gasteiger partial charge in [-0.3, -0.25) is 5.10 Å². The fourth-order valence-electron chi connectivity index (χ4n) is 4.04. The van der Waals surface area contributed by atoms with E-state index in [0.29, 0.717) is 23.6 Å². The normalized spacial score (nSPS) is 23.6. The Morgan fingerprint density at radius 2 is 2.07 bits per heavy atom. The first-order valence-corrected chi connectivity index (χ1v) is 10.3. The van der Waals surface area contributed by atoms with Gasteiger partial charge in [0.25, 0.3) is 0 Å². The quantitative estimate of drug-likeness (QED) is 0.818. The maximum absolute atomic E-state index is 12.4. The van der Waals surface area contributed by atoms with Crippen LogP contribution in [0.2, 0.25) is 0 Å². The Hall–Kier alpha value is -2.84. The van der Waals surface area contributed by atoms with Gasteiger partial charge in [0.2, 0.25) is 5.95 Å². The highest BCUT2D eigenvalue weighted by Crippen LogP contribution is 2.40. The van der Waals surface area contributed by atoms with E-state index in [2.05, 4.69) is 30.4 Å². The molecule has 154 valence electrons. The number of ether oxygens (including phenoxy) is 1. The van der Waals surface area contributed by atoms with Gasteiger partial charge < -0.3 is 19.9 Å². The summed E-state index contributed by atoms with van der Waals surface area (Å²) in [5.74, 6) is 3.23. The van der Waals surface area contributed by atoms with Crippen LogP contribution in [0.25, 0.3) is 0 Å². The van der Waals surface area contributed by atoms with Crippen LogP contribution in [0.3, 0.4) is 0 Å². The zero-order valence-electron chi connectivity index (χ0n) is 17.1. The number of carbonyl (C=O) groups excluding carboxylic acids is 1. The number of aromatic nitrogens is 4. The van der Waals surface area contributed by atoms with E-state index in [-0.39, 0.29) is 12.1 Å². The first kappa shape index (κ1) is 18.2. The topological polar surface area (TPSA) is 99.3 Å². The summed E-state index contributed by atoms with van der Waals surface area (Å²) in [5, 5.41) is 10.7. The predicted octanol–water partition coefficient (Wildman–Crippen LogP) is 2.88. The van der Waals surface area contributed by atoms with Gasteiger partial charge in [0, 0.05) is 49.4 Å². The van der Waals surface area contributed by atoms with Crippen LogP contribution >= 0.6 is 0 Å². The maximum Gasteiger partial charge on any atom is 0.410 e. The molecule has 0 radical (unpaired) electrons. The second-order valence-electron chi connectivity index (χ2n) is 9.21. The second-order valence-corrected chi connectivity index (χ2v) is 9.21. The molecule has 1 aliphatic carbocycles. The Morgan fingerprint density at radius 3 is 2.83 bits per heavy atom. The van der Waals surface area contributed by atoms with Crippen molar-refractivity contribution in [1.29, 1.82) is 0 Å². The molecular weight excluding hydrogens is 370 g/mol. The van der Waals surface area contributed by atoms with Crippen LogP contribution in [0.5, 0.6) is 0 Å². The number of anilines is 3. The van der Waals surface area contributed by atoms with Gasteiger partial charge in [0.15, 0.2) is 5.82 Å². The van der Waals surface area contributed by atoms with Gasteiger partial charge in [-0.1, -0.05) is 0 Å². The van der Waals surface area contributed by atoms with Gasteiger partial charge in [0.1, 0.15) is 11.4 Å². The second kappa shape index (κ2) is 6.60. The van der Waals surface area contributed by atoms with Crippen molar-refractivity contribution in [3.05, 3.63) is 24.0 Å². The Labute approximate surface area is 169 Å². The molecule has 29 heavy (non-hydrogen) atoms. The van der Waals surface area contributed by atoms with Crippen molar-refractivity contribution in [2.45, 2.75) is 51.2 Å². The Balaban J connectivity index is 1.23. The monoisotopic (exact) mass is 397 g/mol. The van der Waals surface area contributed by atoms with Crippen molar-refractivity contribution in [2.75, 3.05) is 29.9 Å². The van der Waals surface area contributed by atoms with Crippen molar-refractivity contribution in [3.63, 3.8) is 0 Å². The van der Waals surface area contributed by atoms with Gasteiger partial charge in [-0.25, -0.2) is 9.78 Å². The van der Waals surface area contributed by atoms with Gasteiger partial charge in [-0.15, -0.1) is 0 Å². The third kappa shape index (κ3) is 3.73. The number of rotatable bonds is 4. The average Bonchev–Trinajstić information content (AvgIpc) is 3.30. The summed E-state index contributed by atoms with van der Waals surface area (Å²) in [5.41, 5.74) is 0.704. The smallest absolute Gasteiger partial charge is 0.410 e. The lowest BCUT2D eigenvalue weighted by Crippen LogP contribution is -2.59. The molecule has 3 aliphatic rings. The number of likely N-dealkylation sites (tertiary alicyclic amines) is 1. The fraction of sp³-hybridized carbons (Fsp3) is 0.600. The van der Waals surface area contributed by atoms with Crippen LogP contribution in [-0.2, 0) is 4.74 Å². The van der Waals surface area contributed by atoms with Crippen LogP contribution in [0.15, 0.2) is 18.3 Å². The number of nitrogens with zero attached hydrogens (tertiary/aromatic N) is 5. The number of hydrogen-bond acceptors (Lipinski definition) is 7. The third-order valence-electron chi connectivity index (χ3n) is 5.66. The lowest BCUT2D eigenvalue weighted by Gasteiger charge is -2.43. The summed E-state index contributed by atoms with van der Waals surface area (Å²) in [4.78, 5) is 25.4. The fourth-order valence-corrected chi connectivity index (χ4v) is 4.04. The molecule has 4 heterocycles. The SMILES string of the molecule is CC(C)(C)OC(=O)N1C[C@@H]2CN(c3nccc(Nc4cc(C5CC5)[nH]n4)n3)C[C@@H]21. The van der Waals surface area contributed by atoms with Crippen LogP contribution in [0.1, 0.15) is 45.2 Å². The summed E-state index contributed by atoms with van der Waals surface area (Å²) in [7, 11) is 0. The van der Waals surface area contributed by atoms with Crippen molar-refractivity contribution >= 4 is 23.7 Å². The molecule has 9 heteroatoms. The molecule has 0 spiro atoms. The lowest BCUT2D eigenvalue weighted by molar-refractivity contribution is -0.0163. The minimum absolute atomic E-state index is 0.164. The molecule has 0 aromatic carbocycles. The Kier molecular flexibility index (Phi) is 4.15. The van der Waals surface area contributed by atoms with Gasteiger partial charge in [-0.05, 0) is 39.7 Å². The highest BCUT2D eigenvalue weighted by Gasteiger charge is 2.49. The summed E-state index contributed by atoms with van der Waals surface area (Å²) in [6.07, 6.45) is 3.99. The number of aromatic amines is 1. The van der Waals surface area contributed by atoms with Gasteiger partial charge in [0.05, 0.1) is 6.04 Å². The molecule has 2 saturated heterocycles. The van der Waals surface area contributed by atoms with Gasteiger partial charge in [-0.2, -0.15) is 10.1 Å². The Morgan fingerprint density at radius 1 is 1.24 bits per heavy atom. The number of amides is 1. The van der Waals surface area contributed by atoms with Crippen molar-refractivity contribution in [3.8, 4) is 0 Å². The molecule has 2 atom stereocenters. The van der Waals surface area contributed by atoms with Crippen molar-refractivity contribution in [2.24, 2.45) is 5.92 Å². The van der Waals surface area contributed by atoms with Gasteiger partial charge >= 0.3 is 6.09 Å². The van der Waals surface area contributed by atoms with E-state index in [1.165, 1.54) is 18.5 Å². The molecule has 1 amide bonds. The molecule has 0 bridgehead atoms. The van der Waals surface area contributed by atoms with E-state index < -0.39 is 5.60 Å². The lowest BCUT2D eigenvalue weighted by atomic mass is 9.93. The number of fused-ring (bicyclic) bond motifs is 1. The average molecular weight is 397 g/mol. The van der Waals surface area contributed by atoms with Crippen LogP contribution in [-0.4, -0.2) is 62.4 Å². The highest BCUT2D eigenvalue weighted by atomic mass is 16.6. The zero-order valence-corrected chi connectivity index (χ0v) is 17.1. The first-order chi connectivity index (χ1) is 13.9. The van der Waals surface area contributed by atoms with E-state index in [9.17, 15) is 4.79 Å². The highest BCUT2D eigenvalue weighted by molar-refractivity contribution is 5.70. The predicted molar refractivity (Wildman–Crippen MR) is 108 cm³/mol. The summed E-state index contributed by atoms with van der Waals surface area (Å²) in [6, 6.07) is 4.05. The first-order valence-electron chi connectivity index (χ1n) is 10.3. The number of H-pyrrole nitrogens is 1. The third-order valence-corrected chi connectivity index (χ3v) is 5.66. The van der Waals surface area contributed by atoms with Crippen LogP contribution < -0.4 is 10.2 Å². The minimum Gasteiger partial charge on any atom is -0.444 e. The number of carbonyl (C=O) groups is 1. The largest absolute Gasteiger partial charge is 0.444 e. The van der Waals surface area contributed by atoms with Crippen molar-refractivity contribution in [1.82, 2.24) is 25.1 Å². The summed E-state index contributed by atoms with van der Waals surface area (Å²) < 4.78 is 5.52. The number of nitrogens with one attached hydrogen (secondary N) is 2. The molecule has 2 aliphatic heterocycles. The molecule has 1 saturated carbocycles. The molecule has 5 rings (SSSR count). The molecule has 2 aromatic heterocycles. The Bertz CT molecular complexity index is 918. The zero-order chi connectivity index (χ0) is 20.2. The number of hydrogen-bond donors (Lipinski definition) is 2. The van der Waals surface area contributed by atoms with Crippen LogP contribution in [0.4, 0.5) is 22.4 Å². The molecule has 3 fully saturated rings. The molecule has 9 nitrogen and oxygen atoms in total. The van der Waals surface area contributed by atoms with E-state index >= 15 is 0 Å². The standard InChI is InChI=1S/C20H27N7O2/c1-20(2,3)29-19(28)27-10-13-9-26(11-15(13)27)18-21-7-6-16(23-18)22-17-8-14(24-25-17)12-4-5-12/h6-8,12-13,15H,4-5,9-11H2,1-3H3,(H2,21,22,23,24,25)/t13-,15-/m0/s1. The van der Waals surface area contributed by atoms with E-state index in [1.54, 1.807) is 6.20 Å². The molecule has 2 N–H and O–H groups in total. The summed E-state index contributed by atoms with van der Waals surface area (Å²) in [6.45, 7) is 7.97. The summed E-state index contributed by atoms with van der Waals surface area (Å²) >= 11 is 0. The molecule has 2 aromatic rings. The maximum atomic E-state index is 12.4. The van der Waals surface area contributed by atoms with E-state index in [1.807, 2.05) is 37.8 Å². The van der Waals surface area contributed by atoms with E-state index in [0.717, 1.165) is 25.5 Å². The minimum atomic E-state index is -0.477. The molecular formula is C20H27N7O2. The van der Waals surface area contributed by atoms with Crippen LogP contribution in [0, 0.1) is 5.92 Å². The molecule has 0 unspecified atom stereocenters. The van der Waals surface area contributed by atoms with Crippen molar-refractivity contribution < 1.29 is 9.53 Å².